The summed E-state index contributed by atoms with van der Waals surface area (Å²) >= 11 is 0. The van der Waals surface area contributed by atoms with Gasteiger partial charge in [0.05, 0.1) is 0 Å². The molecule has 78 valence electrons. The number of aromatic hydroxyl groups is 1. The van der Waals surface area contributed by atoms with Crippen LogP contribution in [0.15, 0.2) is 24.3 Å². The molecule has 5 nitrogen and oxygen atoms in total. The molecule has 0 aliphatic carbocycles. The molecule has 5 heteroatoms. The van der Waals surface area contributed by atoms with E-state index in [2.05, 4.69) is 10.6 Å². The Bertz CT molecular complexity index is 417. The number of carbonyl (C=O) groups excluding carboxylic acids is 2. The van der Waals surface area contributed by atoms with E-state index in [9.17, 15) is 14.7 Å². The van der Waals surface area contributed by atoms with E-state index in [1.807, 2.05) is 0 Å². The second kappa shape index (κ2) is 3.61. The zero-order chi connectivity index (χ0) is 10.8. The van der Waals surface area contributed by atoms with Crippen molar-refractivity contribution < 1.29 is 14.7 Å². The minimum absolute atomic E-state index is 0.0399. The van der Waals surface area contributed by atoms with E-state index < -0.39 is 6.04 Å². The maximum absolute atomic E-state index is 11.8. The van der Waals surface area contributed by atoms with Crippen molar-refractivity contribution in [1.29, 1.82) is 0 Å². The molecule has 1 saturated heterocycles. The fourth-order valence-electron chi connectivity index (χ4n) is 1.47. The van der Waals surface area contributed by atoms with E-state index in [4.69, 9.17) is 0 Å². The van der Waals surface area contributed by atoms with Crippen LogP contribution in [0.3, 0.4) is 0 Å². The molecule has 1 aliphatic rings. The number of urea groups is 1. The first-order valence-electron chi connectivity index (χ1n) is 4.54. The van der Waals surface area contributed by atoms with Gasteiger partial charge in [0, 0.05) is 12.1 Å². The van der Waals surface area contributed by atoms with Gasteiger partial charge in [0.15, 0.2) is 5.78 Å². The summed E-state index contributed by atoms with van der Waals surface area (Å²) in [4.78, 5) is 22.6. The van der Waals surface area contributed by atoms with E-state index in [-0.39, 0.29) is 24.1 Å². The third kappa shape index (κ3) is 1.90. The quantitative estimate of drug-likeness (QED) is 0.607. The second-order valence-corrected chi connectivity index (χ2v) is 3.32. The topological polar surface area (TPSA) is 78.4 Å². The Morgan fingerprint density at radius 3 is 2.87 bits per heavy atom. The molecular weight excluding hydrogens is 196 g/mol. The maximum atomic E-state index is 11.8. The third-order valence-corrected chi connectivity index (χ3v) is 2.22. The highest BCUT2D eigenvalue weighted by Crippen LogP contribution is 2.13. The Kier molecular flexibility index (Phi) is 2.29. The number of hydrogen-bond donors (Lipinski definition) is 3. The molecule has 0 bridgehead atoms. The highest BCUT2D eigenvalue weighted by Gasteiger charge is 2.27. The molecule has 1 unspecified atom stereocenters. The van der Waals surface area contributed by atoms with Gasteiger partial charge in [-0.25, -0.2) is 4.79 Å². The molecule has 3 N–H and O–H groups in total. The molecule has 15 heavy (non-hydrogen) atoms. The fourth-order valence-corrected chi connectivity index (χ4v) is 1.47. The minimum atomic E-state index is -0.542. The van der Waals surface area contributed by atoms with Crippen LogP contribution < -0.4 is 10.6 Å². The lowest BCUT2D eigenvalue weighted by molar-refractivity contribution is 0.0957. The molecule has 1 aromatic rings. The highest BCUT2D eigenvalue weighted by molar-refractivity contribution is 6.03. The number of phenolic OH excluding ortho intramolecular Hbond substituents is 1. The summed E-state index contributed by atoms with van der Waals surface area (Å²) in [6.07, 6.45) is 0. The van der Waals surface area contributed by atoms with E-state index in [0.29, 0.717) is 5.56 Å². The smallest absolute Gasteiger partial charge is 0.315 e. The average Bonchev–Trinajstić information content (AvgIpc) is 2.64. The van der Waals surface area contributed by atoms with E-state index in [1.54, 1.807) is 12.1 Å². The standard InChI is InChI=1S/C10H10N2O3/c13-7-3-1-2-6(4-7)9(14)8-5-11-10(15)12-8/h1-4,8,13H,5H2,(H2,11,12,15). The van der Waals surface area contributed by atoms with Gasteiger partial charge in [-0.15, -0.1) is 0 Å². The lowest BCUT2D eigenvalue weighted by Crippen LogP contribution is -2.34. The van der Waals surface area contributed by atoms with Gasteiger partial charge < -0.3 is 15.7 Å². The minimum Gasteiger partial charge on any atom is -0.508 e. The summed E-state index contributed by atoms with van der Waals surface area (Å²) in [7, 11) is 0. The summed E-state index contributed by atoms with van der Waals surface area (Å²) in [5.41, 5.74) is 0.393. The first-order chi connectivity index (χ1) is 7.16. The Morgan fingerprint density at radius 2 is 2.27 bits per heavy atom. The molecule has 0 radical (unpaired) electrons. The number of Topliss-reactive ketones (excluding diaryl/α,β-unsaturated/α-hetero) is 1. The molecule has 1 atom stereocenters. The fraction of sp³-hybridized carbons (Fsp3) is 0.200. The predicted molar refractivity (Wildman–Crippen MR) is 52.8 cm³/mol. The zero-order valence-corrected chi connectivity index (χ0v) is 7.86. The van der Waals surface area contributed by atoms with Crippen molar-refractivity contribution >= 4 is 11.8 Å². The Labute approximate surface area is 86.1 Å². The SMILES string of the molecule is O=C1NCC(C(=O)c2cccc(O)c2)N1. The monoisotopic (exact) mass is 206 g/mol. The number of amides is 2. The van der Waals surface area contributed by atoms with Crippen molar-refractivity contribution in [3.63, 3.8) is 0 Å². The molecule has 0 saturated carbocycles. The number of phenols is 1. The van der Waals surface area contributed by atoms with Crippen molar-refractivity contribution in [2.45, 2.75) is 6.04 Å². The molecule has 0 spiro atoms. The number of hydrogen-bond acceptors (Lipinski definition) is 3. The summed E-state index contributed by atoms with van der Waals surface area (Å²) in [5, 5.41) is 14.2. The van der Waals surface area contributed by atoms with Crippen molar-refractivity contribution in [2.24, 2.45) is 0 Å². The van der Waals surface area contributed by atoms with Gasteiger partial charge in [-0.1, -0.05) is 12.1 Å². The summed E-state index contributed by atoms with van der Waals surface area (Å²) in [6, 6.07) is 5.18. The van der Waals surface area contributed by atoms with Crippen LogP contribution in [0, 0.1) is 0 Å². The van der Waals surface area contributed by atoms with Crippen molar-refractivity contribution in [3.8, 4) is 5.75 Å². The number of rotatable bonds is 2. The Hall–Kier alpha value is -2.04. The van der Waals surface area contributed by atoms with Crippen LogP contribution in [0.5, 0.6) is 5.75 Å². The average molecular weight is 206 g/mol. The molecular formula is C10H10N2O3. The first-order valence-corrected chi connectivity index (χ1v) is 4.54. The van der Waals surface area contributed by atoms with E-state index >= 15 is 0 Å². The molecule has 1 fully saturated rings. The number of ketones is 1. The van der Waals surface area contributed by atoms with Crippen LogP contribution in [-0.4, -0.2) is 29.5 Å². The Balaban J connectivity index is 2.17. The van der Waals surface area contributed by atoms with E-state index in [0.717, 1.165) is 0 Å². The lowest BCUT2D eigenvalue weighted by atomic mass is 10.0. The second-order valence-electron chi connectivity index (χ2n) is 3.32. The molecule has 1 aromatic carbocycles. The number of carbonyl (C=O) groups is 2. The van der Waals surface area contributed by atoms with Crippen molar-refractivity contribution in [2.75, 3.05) is 6.54 Å². The zero-order valence-electron chi connectivity index (χ0n) is 7.86. The summed E-state index contributed by atoms with van der Waals surface area (Å²) < 4.78 is 0. The summed E-state index contributed by atoms with van der Waals surface area (Å²) in [6.45, 7) is 0.285. The van der Waals surface area contributed by atoms with Crippen LogP contribution in [0.1, 0.15) is 10.4 Å². The van der Waals surface area contributed by atoms with Crippen LogP contribution in [0.2, 0.25) is 0 Å². The van der Waals surface area contributed by atoms with Crippen LogP contribution in [0.25, 0.3) is 0 Å². The lowest BCUT2D eigenvalue weighted by Gasteiger charge is -2.07. The number of benzene rings is 1. The normalized spacial score (nSPS) is 19.5. The molecule has 0 aromatic heterocycles. The first kappa shape index (κ1) is 9.51. The van der Waals surface area contributed by atoms with E-state index in [1.165, 1.54) is 12.1 Å². The highest BCUT2D eigenvalue weighted by atomic mass is 16.3. The van der Waals surface area contributed by atoms with Crippen LogP contribution in [0.4, 0.5) is 4.79 Å². The van der Waals surface area contributed by atoms with Crippen molar-refractivity contribution in [1.82, 2.24) is 10.6 Å². The predicted octanol–water partition coefficient (Wildman–Crippen LogP) is 0.256. The van der Waals surface area contributed by atoms with Gasteiger partial charge in [-0.2, -0.15) is 0 Å². The molecule has 1 aliphatic heterocycles. The van der Waals surface area contributed by atoms with Gasteiger partial charge >= 0.3 is 6.03 Å². The van der Waals surface area contributed by atoms with Gasteiger partial charge in [0.25, 0.3) is 0 Å². The van der Waals surface area contributed by atoms with Gasteiger partial charge in [-0.05, 0) is 12.1 Å². The largest absolute Gasteiger partial charge is 0.508 e. The van der Waals surface area contributed by atoms with Gasteiger partial charge in [0.2, 0.25) is 0 Å². The van der Waals surface area contributed by atoms with Gasteiger partial charge in [0.1, 0.15) is 11.8 Å². The molecule has 2 amide bonds. The third-order valence-electron chi connectivity index (χ3n) is 2.22. The van der Waals surface area contributed by atoms with Gasteiger partial charge in [-0.3, -0.25) is 4.79 Å². The number of nitrogens with one attached hydrogen (secondary N) is 2. The Morgan fingerprint density at radius 1 is 1.47 bits per heavy atom. The van der Waals surface area contributed by atoms with Crippen LogP contribution in [-0.2, 0) is 0 Å². The van der Waals surface area contributed by atoms with Crippen LogP contribution >= 0.6 is 0 Å². The maximum Gasteiger partial charge on any atom is 0.315 e. The van der Waals surface area contributed by atoms with Crippen molar-refractivity contribution in [3.05, 3.63) is 29.8 Å². The molecule has 2 rings (SSSR count). The summed E-state index contributed by atoms with van der Waals surface area (Å²) in [5.74, 6) is -0.164. The molecule has 1 heterocycles.